The molecule has 1 amide bonds. The van der Waals surface area contributed by atoms with Crippen LogP contribution in [0.5, 0.6) is 11.5 Å². The Morgan fingerprint density at radius 2 is 1.87 bits per heavy atom. The maximum Gasteiger partial charge on any atom is 0.258 e. The Morgan fingerprint density at radius 1 is 1.03 bits per heavy atom. The lowest BCUT2D eigenvalue weighted by Gasteiger charge is -2.16. The SMILES string of the molecule is N#Cc1cccc(Oc2cccc3c2C(=O)N(Cc2ccc(-n4cccn4)cc2)C3)c1. The number of fused-ring (bicyclic) bond motifs is 1. The van der Waals surface area contributed by atoms with Crippen LogP contribution in [-0.4, -0.2) is 20.6 Å². The third-order valence-electron chi connectivity index (χ3n) is 5.24. The van der Waals surface area contributed by atoms with Gasteiger partial charge in [-0.15, -0.1) is 0 Å². The molecule has 0 saturated heterocycles. The molecule has 0 bridgehead atoms. The fourth-order valence-corrected chi connectivity index (χ4v) is 3.75. The average molecular weight is 406 g/mol. The first kappa shape index (κ1) is 18.6. The van der Waals surface area contributed by atoms with Crippen LogP contribution in [0.25, 0.3) is 5.69 Å². The number of rotatable bonds is 5. The van der Waals surface area contributed by atoms with E-state index in [9.17, 15) is 4.79 Å². The van der Waals surface area contributed by atoms with Crippen LogP contribution in [0.15, 0.2) is 85.2 Å². The smallest absolute Gasteiger partial charge is 0.258 e. The van der Waals surface area contributed by atoms with E-state index in [2.05, 4.69) is 11.2 Å². The predicted molar refractivity (Wildman–Crippen MR) is 115 cm³/mol. The summed E-state index contributed by atoms with van der Waals surface area (Å²) in [4.78, 5) is 15.0. The highest BCUT2D eigenvalue weighted by molar-refractivity contribution is 6.01. The first-order valence-electron chi connectivity index (χ1n) is 9.89. The monoisotopic (exact) mass is 406 g/mol. The highest BCUT2D eigenvalue weighted by Gasteiger charge is 2.30. The van der Waals surface area contributed by atoms with E-state index < -0.39 is 0 Å². The van der Waals surface area contributed by atoms with Crippen molar-refractivity contribution >= 4 is 5.91 Å². The van der Waals surface area contributed by atoms with Crippen LogP contribution in [-0.2, 0) is 13.1 Å². The van der Waals surface area contributed by atoms with Gasteiger partial charge in [-0.25, -0.2) is 4.68 Å². The second kappa shape index (κ2) is 7.81. The van der Waals surface area contributed by atoms with Crippen molar-refractivity contribution in [1.29, 1.82) is 5.26 Å². The predicted octanol–water partition coefficient (Wildman–Crippen LogP) is 4.69. The van der Waals surface area contributed by atoms with Gasteiger partial charge in [-0.3, -0.25) is 4.79 Å². The van der Waals surface area contributed by atoms with Crippen molar-refractivity contribution in [2.24, 2.45) is 0 Å². The summed E-state index contributed by atoms with van der Waals surface area (Å²) in [6.45, 7) is 1.04. The summed E-state index contributed by atoms with van der Waals surface area (Å²) in [5.74, 6) is 0.986. The minimum atomic E-state index is -0.0572. The van der Waals surface area contributed by atoms with E-state index in [1.807, 2.05) is 53.6 Å². The fraction of sp³-hybridized carbons (Fsp3) is 0.0800. The van der Waals surface area contributed by atoms with Crippen LogP contribution in [0.4, 0.5) is 0 Å². The zero-order valence-corrected chi connectivity index (χ0v) is 16.6. The number of amides is 1. The molecule has 0 atom stereocenters. The Labute approximate surface area is 179 Å². The summed E-state index contributed by atoms with van der Waals surface area (Å²) >= 11 is 0. The standard InChI is InChI=1S/C25H18N4O2/c26-15-19-4-1-6-22(14-19)31-23-7-2-5-20-17-28(25(30)24(20)23)16-18-8-10-21(11-9-18)29-13-3-12-27-29/h1-14H,16-17H2. The lowest BCUT2D eigenvalue weighted by atomic mass is 10.1. The van der Waals surface area contributed by atoms with Crippen LogP contribution < -0.4 is 4.74 Å². The first-order chi connectivity index (χ1) is 15.2. The lowest BCUT2D eigenvalue weighted by molar-refractivity contribution is 0.0765. The maximum absolute atomic E-state index is 13.2. The molecule has 0 fully saturated rings. The number of carbonyl (C=O) groups is 1. The second-order valence-corrected chi connectivity index (χ2v) is 7.31. The molecule has 6 nitrogen and oxygen atoms in total. The van der Waals surface area contributed by atoms with Gasteiger partial charge in [0.1, 0.15) is 11.5 Å². The summed E-state index contributed by atoms with van der Waals surface area (Å²) in [6, 6.07) is 24.5. The molecule has 31 heavy (non-hydrogen) atoms. The van der Waals surface area contributed by atoms with Gasteiger partial charge in [-0.1, -0.05) is 30.3 Å². The maximum atomic E-state index is 13.2. The van der Waals surface area contributed by atoms with Gasteiger partial charge < -0.3 is 9.64 Å². The van der Waals surface area contributed by atoms with Gasteiger partial charge in [0.05, 0.1) is 22.9 Å². The van der Waals surface area contributed by atoms with E-state index in [4.69, 9.17) is 10.00 Å². The number of benzene rings is 3. The molecule has 1 aromatic heterocycles. The number of nitriles is 1. The molecule has 4 aromatic rings. The van der Waals surface area contributed by atoms with Crippen molar-refractivity contribution in [3.05, 3.63) is 107 Å². The number of nitrogens with zero attached hydrogens (tertiary/aromatic N) is 4. The van der Waals surface area contributed by atoms with Gasteiger partial charge in [0, 0.05) is 25.5 Å². The highest BCUT2D eigenvalue weighted by atomic mass is 16.5. The zero-order chi connectivity index (χ0) is 21.2. The van der Waals surface area contributed by atoms with Crippen LogP contribution in [0, 0.1) is 11.3 Å². The fourth-order valence-electron chi connectivity index (χ4n) is 3.75. The van der Waals surface area contributed by atoms with Crippen LogP contribution in [0.2, 0.25) is 0 Å². The van der Waals surface area contributed by atoms with Gasteiger partial charge in [0.2, 0.25) is 0 Å². The van der Waals surface area contributed by atoms with Crippen molar-refractivity contribution in [1.82, 2.24) is 14.7 Å². The zero-order valence-electron chi connectivity index (χ0n) is 16.6. The summed E-state index contributed by atoms with van der Waals surface area (Å²) in [6.07, 6.45) is 3.63. The number of hydrogen-bond acceptors (Lipinski definition) is 4. The quantitative estimate of drug-likeness (QED) is 0.482. The third-order valence-corrected chi connectivity index (χ3v) is 5.24. The summed E-state index contributed by atoms with van der Waals surface area (Å²) in [5.41, 5.74) is 4.04. The number of carbonyl (C=O) groups excluding carboxylic acids is 1. The molecule has 6 heteroatoms. The largest absolute Gasteiger partial charge is 0.456 e. The molecule has 1 aliphatic heterocycles. The molecule has 0 saturated carbocycles. The van der Waals surface area contributed by atoms with Crippen molar-refractivity contribution in [2.75, 3.05) is 0 Å². The minimum absolute atomic E-state index is 0.0572. The van der Waals surface area contributed by atoms with Crippen molar-refractivity contribution in [3.8, 4) is 23.3 Å². The summed E-state index contributed by atoms with van der Waals surface area (Å²) < 4.78 is 7.78. The Bertz CT molecular complexity index is 1290. The third kappa shape index (κ3) is 3.65. The van der Waals surface area contributed by atoms with Crippen molar-refractivity contribution < 1.29 is 9.53 Å². The molecule has 150 valence electrons. The molecule has 1 aliphatic rings. The van der Waals surface area contributed by atoms with Gasteiger partial charge >= 0.3 is 0 Å². The van der Waals surface area contributed by atoms with E-state index in [1.165, 1.54) is 0 Å². The topological polar surface area (TPSA) is 71.2 Å². The van der Waals surface area contributed by atoms with E-state index in [1.54, 1.807) is 41.2 Å². The molecular formula is C25H18N4O2. The molecule has 3 aromatic carbocycles. The van der Waals surface area contributed by atoms with Crippen molar-refractivity contribution in [2.45, 2.75) is 13.1 Å². The Kier molecular flexibility index (Phi) is 4.70. The van der Waals surface area contributed by atoms with Gasteiger partial charge in [-0.2, -0.15) is 10.4 Å². The van der Waals surface area contributed by atoms with Crippen LogP contribution in [0.3, 0.4) is 0 Å². The minimum Gasteiger partial charge on any atom is -0.456 e. The number of hydrogen-bond donors (Lipinski definition) is 0. The van der Waals surface area contributed by atoms with E-state index in [0.29, 0.717) is 35.7 Å². The number of aromatic nitrogens is 2. The van der Waals surface area contributed by atoms with Crippen LogP contribution in [0.1, 0.15) is 27.0 Å². The average Bonchev–Trinajstić information content (AvgIpc) is 3.44. The molecule has 2 heterocycles. The van der Waals surface area contributed by atoms with Gasteiger partial charge in [0.25, 0.3) is 5.91 Å². The molecule has 5 rings (SSSR count). The molecule has 0 spiro atoms. The molecule has 0 aliphatic carbocycles. The Balaban J connectivity index is 1.35. The van der Waals surface area contributed by atoms with E-state index in [-0.39, 0.29) is 5.91 Å². The molecule has 0 unspecified atom stereocenters. The second-order valence-electron chi connectivity index (χ2n) is 7.31. The number of ether oxygens (including phenoxy) is 1. The van der Waals surface area contributed by atoms with Gasteiger partial charge in [0.15, 0.2) is 0 Å². The normalized spacial score (nSPS) is 12.5. The van der Waals surface area contributed by atoms with Gasteiger partial charge in [-0.05, 0) is 53.6 Å². The highest BCUT2D eigenvalue weighted by Crippen LogP contribution is 2.34. The molecule has 0 radical (unpaired) electrons. The molecular weight excluding hydrogens is 388 g/mol. The summed E-state index contributed by atoms with van der Waals surface area (Å²) in [7, 11) is 0. The Hall–Kier alpha value is -4.37. The Morgan fingerprint density at radius 3 is 2.65 bits per heavy atom. The molecule has 0 N–H and O–H groups in total. The first-order valence-corrected chi connectivity index (χ1v) is 9.89. The van der Waals surface area contributed by atoms with E-state index in [0.717, 1.165) is 16.8 Å². The van der Waals surface area contributed by atoms with Crippen LogP contribution >= 0.6 is 0 Å². The van der Waals surface area contributed by atoms with E-state index >= 15 is 0 Å². The summed E-state index contributed by atoms with van der Waals surface area (Å²) in [5, 5.41) is 13.3. The van der Waals surface area contributed by atoms with Crippen molar-refractivity contribution in [3.63, 3.8) is 0 Å². The lowest BCUT2D eigenvalue weighted by Crippen LogP contribution is -2.23.